The van der Waals surface area contributed by atoms with Crippen LogP contribution in [0, 0.1) is 5.82 Å². The Hall–Kier alpha value is -1.64. The predicted molar refractivity (Wildman–Crippen MR) is 99.7 cm³/mol. The first-order valence-electron chi connectivity index (χ1n) is 7.55. The number of aromatic nitrogens is 2. The molecule has 2 aromatic rings. The number of likely N-dealkylation sites (tertiary alicyclic amines) is 1. The van der Waals surface area contributed by atoms with Gasteiger partial charge >= 0.3 is 0 Å². The summed E-state index contributed by atoms with van der Waals surface area (Å²) in [5.74, 6) is 0.265. The molecule has 1 aromatic carbocycles. The van der Waals surface area contributed by atoms with Crippen molar-refractivity contribution in [3.8, 4) is 5.69 Å². The van der Waals surface area contributed by atoms with Crippen molar-refractivity contribution in [1.29, 1.82) is 0 Å². The second kappa shape index (κ2) is 8.28. The second-order valence-corrected chi connectivity index (χ2v) is 5.48. The summed E-state index contributed by atoms with van der Waals surface area (Å²) in [4.78, 5) is 10.4. The van der Waals surface area contributed by atoms with E-state index < -0.39 is 0 Å². The molecule has 124 valence electrons. The van der Waals surface area contributed by atoms with Gasteiger partial charge in [0.25, 0.3) is 0 Å². The van der Waals surface area contributed by atoms with E-state index in [0.29, 0.717) is 18.2 Å². The van der Waals surface area contributed by atoms with Gasteiger partial charge in [-0.25, -0.2) is 14.4 Å². The number of nitrogens with zero attached hydrogens (tertiary/aromatic N) is 4. The van der Waals surface area contributed by atoms with Crippen molar-refractivity contribution in [1.82, 2.24) is 14.5 Å². The van der Waals surface area contributed by atoms with Gasteiger partial charge in [0.1, 0.15) is 5.82 Å². The summed E-state index contributed by atoms with van der Waals surface area (Å²) in [5.41, 5.74) is 7.30. The maximum Gasteiger partial charge on any atom is 0.191 e. The Bertz CT molecular complexity index is 650. The highest BCUT2D eigenvalue weighted by Gasteiger charge is 2.12. The molecule has 23 heavy (non-hydrogen) atoms. The van der Waals surface area contributed by atoms with E-state index in [-0.39, 0.29) is 29.8 Å². The average molecular weight is 429 g/mol. The van der Waals surface area contributed by atoms with Crippen molar-refractivity contribution >= 4 is 29.9 Å². The van der Waals surface area contributed by atoms with Crippen molar-refractivity contribution in [2.24, 2.45) is 10.7 Å². The molecular weight excluding hydrogens is 408 g/mol. The maximum atomic E-state index is 14.2. The summed E-state index contributed by atoms with van der Waals surface area (Å²) in [6, 6.07) is 5.10. The highest BCUT2D eigenvalue weighted by Crippen LogP contribution is 2.16. The standard InChI is InChI=1S/C16H20FN5.HI/c17-14-10-13(4-5-15(14)22-9-6-19-12-22)11-20-16(18)21-7-2-1-3-8-21;/h4-6,9-10,12H,1-3,7-8,11H2,(H2,18,20);1H. The molecule has 0 spiro atoms. The number of hydrogen-bond acceptors (Lipinski definition) is 2. The molecule has 1 fully saturated rings. The number of imidazole rings is 1. The fourth-order valence-corrected chi connectivity index (χ4v) is 2.66. The fraction of sp³-hybridized carbons (Fsp3) is 0.375. The number of guanidine groups is 1. The molecule has 1 saturated heterocycles. The van der Waals surface area contributed by atoms with Crippen LogP contribution in [0.25, 0.3) is 5.69 Å². The molecule has 0 amide bonds. The average Bonchev–Trinajstić information content (AvgIpc) is 3.07. The lowest BCUT2D eigenvalue weighted by Gasteiger charge is -2.27. The molecule has 1 aliphatic heterocycles. The monoisotopic (exact) mass is 429 g/mol. The van der Waals surface area contributed by atoms with Crippen LogP contribution in [0.1, 0.15) is 24.8 Å². The molecule has 2 N–H and O–H groups in total. The molecule has 0 aliphatic carbocycles. The Morgan fingerprint density at radius 1 is 1.26 bits per heavy atom. The van der Waals surface area contributed by atoms with Crippen LogP contribution in [-0.4, -0.2) is 33.5 Å². The van der Waals surface area contributed by atoms with Crippen LogP contribution in [0.5, 0.6) is 0 Å². The number of halogens is 2. The first-order valence-corrected chi connectivity index (χ1v) is 7.55. The molecule has 0 radical (unpaired) electrons. The van der Waals surface area contributed by atoms with Gasteiger partial charge < -0.3 is 15.2 Å². The SMILES string of the molecule is I.NC(=NCc1ccc(-n2ccnc2)c(F)c1)N1CCCCC1. The minimum atomic E-state index is -0.290. The van der Waals surface area contributed by atoms with Gasteiger partial charge in [-0.3, -0.25) is 0 Å². The minimum absolute atomic E-state index is 0. The van der Waals surface area contributed by atoms with Gasteiger partial charge in [0.2, 0.25) is 0 Å². The topological polar surface area (TPSA) is 59.4 Å². The summed E-state index contributed by atoms with van der Waals surface area (Å²) in [5, 5.41) is 0. The van der Waals surface area contributed by atoms with Crippen LogP contribution in [0.4, 0.5) is 4.39 Å². The molecule has 0 saturated carbocycles. The first kappa shape index (κ1) is 17.7. The molecule has 1 aliphatic rings. The van der Waals surface area contributed by atoms with Gasteiger partial charge in [-0.15, -0.1) is 24.0 Å². The summed E-state index contributed by atoms with van der Waals surface area (Å²) in [6.07, 6.45) is 8.48. The lowest BCUT2D eigenvalue weighted by molar-refractivity contribution is 0.338. The summed E-state index contributed by atoms with van der Waals surface area (Å²) in [7, 11) is 0. The van der Waals surface area contributed by atoms with Gasteiger partial charge in [0, 0.05) is 25.5 Å². The smallest absolute Gasteiger partial charge is 0.191 e. The normalized spacial score (nSPS) is 15.3. The highest BCUT2D eigenvalue weighted by molar-refractivity contribution is 14.0. The zero-order valence-electron chi connectivity index (χ0n) is 12.9. The lowest BCUT2D eigenvalue weighted by atomic mass is 10.1. The Morgan fingerprint density at radius 2 is 2.04 bits per heavy atom. The highest BCUT2D eigenvalue weighted by atomic mass is 127. The van der Waals surface area contributed by atoms with Crippen LogP contribution in [-0.2, 0) is 6.54 Å². The third kappa shape index (κ3) is 4.43. The van der Waals surface area contributed by atoms with E-state index in [1.165, 1.54) is 12.5 Å². The molecule has 0 bridgehead atoms. The Morgan fingerprint density at radius 3 is 2.70 bits per heavy atom. The van der Waals surface area contributed by atoms with Crippen LogP contribution in [0.2, 0.25) is 0 Å². The third-order valence-corrected chi connectivity index (χ3v) is 3.90. The Labute approximate surface area is 152 Å². The number of piperidine rings is 1. The van der Waals surface area contributed by atoms with Gasteiger partial charge in [-0.2, -0.15) is 0 Å². The van der Waals surface area contributed by atoms with E-state index in [0.717, 1.165) is 31.5 Å². The van der Waals surface area contributed by atoms with Crippen LogP contribution < -0.4 is 5.73 Å². The zero-order chi connectivity index (χ0) is 15.4. The van der Waals surface area contributed by atoms with Gasteiger partial charge in [-0.05, 0) is 37.0 Å². The Balaban J connectivity index is 0.00000192. The van der Waals surface area contributed by atoms with E-state index in [2.05, 4.69) is 14.9 Å². The van der Waals surface area contributed by atoms with Crippen molar-refractivity contribution < 1.29 is 4.39 Å². The molecule has 0 unspecified atom stereocenters. The molecule has 0 atom stereocenters. The summed E-state index contributed by atoms with van der Waals surface area (Å²) < 4.78 is 15.8. The number of aliphatic imine (C=N–C) groups is 1. The Kier molecular flexibility index (Phi) is 6.37. The third-order valence-electron chi connectivity index (χ3n) is 3.90. The van der Waals surface area contributed by atoms with Crippen molar-refractivity contribution in [2.45, 2.75) is 25.8 Å². The van der Waals surface area contributed by atoms with Gasteiger partial charge in [0.05, 0.1) is 18.6 Å². The van der Waals surface area contributed by atoms with E-state index in [9.17, 15) is 4.39 Å². The van der Waals surface area contributed by atoms with Crippen molar-refractivity contribution in [2.75, 3.05) is 13.1 Å². The molecule has 7 heteroatoms. The molecular formula is C16H21FIN5. The summed E-state index contributed by atoms with van der Waals surface area (Å²) in [6.45, 7) is 2.32. The molecule has 1 aromatic heterocycles. The van der Waals surface area contributed by atoms with E-state index in [1.807, 2.05) is 6.07 Å². The van der Waals surface area contributed by atoms with Gasteiger partial charge in [-0.1, -0.05) is 6.07 Å². The number of benzene rings is 1. The van der Waals surface area contributed by atoms with Crippen LogP contribution >= 0.6 is 24.0 Å². The quantitative estimate of drug-likeness (QED) is 0.464. The van der Waals surface area contributed by atoms with Crippen molar-refractivity contribution in [3.05, 3.63) is 48.3 Å². The van der Waals surface area contributed by atoms with Crippen LogP contribution in [0.15, 0.2) is 41.9 Å². The van der Waals surface area contributed by atoms with Crippen LogP contribution in [0.3, 0.4) is 0 Å². The molecule has 2 heterocycles. The first-order chi connectivity index (χ1) is 10.7. The largest absolute Gasteiger partial charge is 0.370 e. The van der Waals surface area contributed by atoms with Gasteiger partial charge in [0.15, 0.2) is 5.96 Å². The van der Waals surface area contributed by atoms with E-state index in [4.69, 9.17) is 5.73 Å². The minimum Gasteiger partial charge on any atom is -0.370 e. The fourth-order valence-electron chi connectivity index (χ4n) is 2.66. The lowest BCUT2D eigenvalue weighted by Crippen LogP contribution is -2.40. The zero-order valence-corrected chi connectivity index (χ0v) is 15.2. The number of hydrogen-bond donors (Lipinski definition) is 1. The summed E-state index contributed by atoms with van der Waals surface area (Å²) >= 11 is 0. The number of nitrogens with two attached hydrogens (primary N) is 1. The van der Waals surface area contributed by atoms with Crippen molar-refractivity contribution in [3.63, 3.8) is 0 Å². The number of rotatable bonds is 3. The second-order valence-electron chi connectivity index (χ2n) is 5.48. The predicted octanol–water partition coefficient (Wildman–Crippen LogP) is 2.93. The molecule has 3 rings (SSSR count). The van der Waals surface area contributed by atoms with E-state index >= 15 is 0 Å². The molecule has 5 nitrogen and oxygen atoms in total. The maximum absolute atomic E-state index is 14.2. The van der Waals surface area contributed by atoms with E-state index in [1.54, 1.807) is 29.4 Å².